The number of hydrogen-bond acceptors (Lipinski definition) is 6. The van der Waals surface area contributed by atoms with Gasteiger partial charge in [0.05, 0.1) is 24.3 Å². The second kappa shape index (κ2) is 18.5. The van der Waals surface area contributed by atoms with Crippen LogP contribution in [0.2, 0.25) is 0 Å². The summed E-state index contributed by atoms with van der Waals surface area (Å²) in [5.74, 6) is -0.373. The summed E-state index contributed by atoms with van der Waals surface area (Å²) in [4.78, 5) is 29.0. The van der Waals surface area contributed by atoms with Crippen LogP contribution in [0.15, 0.2) is 97.6 Å². The molecule has 2 heterocycles. The highest BCUT2D eigenvalue weighted by Crippen LogP contribution is 2.16. The summed E-state index contributed by atoms with van der Waals surface area (Å²) in [6.07, 6.45) is 11.4. The average molecular weight is 545 g/mol. The van der Waals surface area contributed by atoms with Gasteiger partial charge in [0.15, 0.2) is 0 Å². The second-order valence-corrected chi connectivity index (χ2v) is 8.53. The van der Waals surface area contributed by atoms with Crippen LogP contribution in [-0.2, 0) is 0 Å². The van der Waals surface area contributed by atoms with Crippen molar-refractivity contribution in [3.8, 4) is 22.6 Å². The zero-order valence-electron chi connectivity index (χ0n) is 22.9. The van der Waals surface area contributed by atoms with Crippen molar-refractivity contribution in [2.75, 3.05) is 13.2 Å². The molecule has 40 heavy (non-hydrogen) atoms. The van der Waals surface area contributed by atoms with E-state index in [9.17, 15) is 9.59 Å². The minimum atomic E-state index is -0.912. The normalized spacial score (nSPS) is 9.75. The summed E-state index contributed by atoms with van der Waals surface area (Å²) in [6, 6.07) is 20.8. The van der Waals surface area contributed by atoms with E-state index in [-0.39, 0.29) is 11.1 Å². The topological polar surface area (TPSA) is 119 Å². The first-order valence-electron chi connectivity index (χ1n) is 13.2. The van der Waals surface area contributed by atoms with Crippen molar-refractivity contribution in [3.63, 3.8) is 0 Å². The number of ether oxygens (including phenoxy) is 2. The SMILES string of the molecule is CCCCOc1ccc(C(=O)O)cc1.CCCCOc1ccc(C(=O)O)cc1.c1cc(-c2ccncc2)ccn1. The van der Waals surface area contributed by atoms with Gasteiger partial charge in [-0.15, -0.1) is 0 Å². The third-order valence-corrected chi connectivity index (χ3v) is 5.43. The van der Waals surface area contributed by atoms with Crippen molar-refractivity contribution >= 4 is 11.9 Å². The molecule has 2 aromatic heterocycles. The number of nitrogens with zero attached hydrogens (tertiary/aromatic N) is 2. The Morgan fingerprint density at radius 1 is 0.575 bits per heavy atom. The van der Waals surface area contributed by atoms with Gasteiger partial charge < -0.3 is 19.7 Å². The van der Waals surface area contributed by atoms with E-state index in [0.717, 1.165) is 37.2 Å². The number of carboxylic acids is 2. The Hall–Kier alpha value is -4.72. The Morgan fingerprint density at radius 3 is 1.18 bits per heavy atom. The molecule has 0 radical (unpaired) electrons. The molecule has 4 rings (SSSR count). The Morgan fingerprint density at radius 2 is 0.900 bits per heavy atom. The number of unbranched alkanes of at least 4 members (excludes halogenated alkanes) is 2. The van der Waals surface area contributed by atoms with Crippen LogP contribution in [-0.4, -0.2) is 45.3 Å². The third kappa shape index (κ3) is 12.2. The van der Waals surface area contributed by atoms with Crippen molar-refractivity contribution in [1.82, 2.24) is 9.97 Å². The van der Waals surface area contributed by atoms with E-state index in [1.807, 2.05) is 24.3 Å². The molecular formula is C32H36N2O6. The van der Waals surface area contributed by atoms with Crippen LogP contribution in [0.3, 0.4) is 0 Å². The molecule has 0 saturated heterocycles. The van der Waals surface area contributed by atoms with Crippen molar-refractivity contribution in [2.45, 2.75) is 39.5 Å². The van der Waals surface area contributed by atoms with Crippen LogP contribution in [0, 0.1) is 0 Å². The van der Waals surface area contributed by atoms with Gasteiger partial charge in [0.2, 0.25) is 0 Å². The van der Waals surface area contributed by atoms with Crippen LogP contribution < -0.4 is 9.47 Å². The highest BCUT2D eigenvalue weighted by molar-refractivity contribution is 5.88. The molecule has 0 amide bonds. The fourth-order valence-electron chi connectivity index (χ4n) is 3.14. The lowest BCUT2D eigenvalue weighted by molar-refractivity contribution is 0.0686. The lowest BCUT2D eigenvalue weighted by atomic mass is 10.1. The molecular weight excluding hydrogens is 508 g/mol. The average Bonchev–Trinajstić information content (AvgIpc) is 2.99. The number of aromatic carboxylic acids is 2. The maximum absolute atomic E-state index is 10.5. The van der Waals surface area contributed by atoms with Gasteiger partial charge in [-0.2, -0.15) is 0 Å². The number of aromatic nitrogens is 2. The zero-order valence-corrected chi connectivity index (χ0v) is 22.9. The molecule has 0 unspecified atom stereocenters. The molecule has 0 aliphatic rings. The van der Waals surface area contributed by atoms with Crippen LogP contribution in [0.1, 0.15) is 60.2 Å². The summed E-state index contributed by atoms with van der Waals surface area (Å²) in [6.45, 7) is 5.56. The molecule has 210 valence electrons. The van der Waals surface area contributed by atoms with Gasteiger partial charge in [-0.3, -0.25) is 9.97 Å². The molecule has 0 atom stereocenters. The lowest BCUT2D eigenvalue weighted by Crippen LogP contribution is -1.98. The molecule has 8 heteroatoms. The van der Waals surface area contributed by atoms with Gasteiger partial charge in [-0.1, -0.05) is 26.7 Å². The van der Waals surface area contributed by atoms with Crippen LogP contribution in [0.5, 0.6) is 11.5 Å². The van der Waals surface area contributed by atoms with Gasteiger partial charge in [-0.05, 0) is 96.8 Å². The Bertz CT molecular complexity index is 1150. The van der Waals surface area contributed by atoms with Crippen molar-refractivity contribution in [2.24, 2.45) is 0 Å². The maximum Gasteiger partial charge on any atom is 0.335 e. The summed E-state index contributed by atoms with van der Waals surface area (Å²) < 4.78 is 10.8. The molecule has 4 aromatic rings. The second-order valence-electron chi connectivity index (χ2n) is 8.53. The molecule has 0 saturated carbocycles. The van der Waals surface area contributed by atoms with Crippen LogP contribution >= 0.6 is 0 Å². The molecule has 0 aliphatic carbocycles. The first kappa shape index (κ1) is 31.5. The van der Waals surface area contributed by atoms with Crippen molar-refractivity contribution in [1.29, 1.82) is 0 Å². The summed E-state index contributed by atoms with van der Waals surface area (Å²) in [5.41, 5.74) is 2.92. The van der Waals surface area contributed by atoms with E-state index < -0.39 is 11.9 Å². The van der Waals surface area contributed by atoms with Gasteiger partial charge in [0.25, 0.3) is 0 Å². The number of hydrogen-bond donors (Lipinski definition) is 2. The third-order valence-electron chi connectivity index (χ3n) is 5.43. The summed E-state index contributed by atoms with van der Waals surface area (Å²) >= 11 is 0. The van der Waals surface area contributed by atoms with E-state index >= 15 is 0 Å². The molecule has 0 spiro atoms. The first-order chi connectivity index (χ1) is 19.4. The van der Waals surface area contributed by atoms with Crippen LogP contribution in [0.4, 0.5) is 0 Å². The highest BCUT2D eigenvalue weighted by Gasteiger charge is 2.02. The van der Waals surface area contributed by atoms with Gasteiger partial charge >= 0.3 is 11.9 Å². The maximum atomic E-state index is 10.5. The molecule has 0 aliphatic heterocycles. The first-order valence-corrected chi connectivity index (χ1v) is 13.2. The largest absolute Gasteiger partial charge is 0.494 e. The minimum Gasteiger partial charge on any atom is -0.494 e. The molecule has 8 nitrogen and oxygen atoms in total. The fraction of sp³-hybridized carbons (Fsp3) is 0.250. The molecule has 0 bridgehead atoms. The lowest BCUT2D eigenvalue weighted by Gasteiger charge is -2.04. The Labute approximate surface area is 235 Å². The van der Waals surface area contributed by atoms with Gasteiger partial charge in [0.1, 0.15) is 11.5 Å². The quantitative estimate of drug-likeness (QED) is 0.189. The van der Waals surface area contributed by atoms with Crippen molar-refractivity contribution in [3.05, 3.63) is 109 Å². The standard InChI is InChI=1S/2C11H14O3.C10H8N2/c2*1-2-3-8-14-10-6-4-9(5-7-10)11(12)13;1-5-11-6-2-9(1)10-3-7-12-8-4-10/h2*4-7H,2-3,8H2,1H3,(H,12,13);1-8H. The molecule has 2 N–H and O–H groups in total. The predicted octanol–water partition coefficient (Wildman–Crippen LogP) is 7.27. The molecule has 2 aromatic carbocycles. The number of benzene rings is 2. The van der Waals surface area contributed by atoms with Crippen molar-refractivity contribution < 1.29 is 29.3 Å². The van der Waals surface area contributed by atoms with E-state index in [4.69, 9.17) is 19.7 Å². The molecule has 0 fully saturated rings. The van der Waals surface area contributed by atoms with E-state index in [1.54, 1.807) is 73.3 Å². The number of rotatable bonds is 11. The number of pyridine rings is 2. The monoisotopic (exact) mass is 544 g/mol. The Balaban J connectivity index is 0.000000211. The summed E-state index contributed by atoms with van der Waals surface area (Å²) in [5, 5.41) is 17.3. The van der Waals surface area contributed by atoms with E-state index in [2.05, 4.69) is 23.8 Å². The zero-order chi connectivity index (χ0) is 29.0. The predicted molar refractivity (Wildman–Crippen MR) is 155 cm³/mol. The fourth-order valence-corrected chi connectivity index (χ4v) is 3.14. The minimum absolute atomic E-state index is 0.285. The van der Waals surface area contributed by atoms with Gasteiger partial charge in [-0.25, -0.2) is 9.59 Å². The van der Waals surface area contributed by atoms with Crippen LogP contribution in [0.25, 0.3) is 11.1 Å². The number of carbonyl (C=O) groups is 2. The highest BCUT2D eigenvalue weighted by atomic mass is 16.5. The smallest absolute Gasteiger partial charge is 0.335 e. The summed E-state index contributed by atoms with van der Waals surface area (Å²) in [7, 11) is 0. The van der Waals surface area contributed by atoms with E-state index in [1.165, 1.54) is 11.1 Å². The van der Waals surface area contributed by atoms with Gasteiger partial charge in [0, 0.05) is 24.8 Å². The Kier molecular flexibility index (Phi) is 14.6. The number of carboxylic acid groups (broad SMARTS) is 2. The van der Waals surface area contributed by atoms with E-state index in [0.29, 0.717) is 13.2 Å².